The third kappa shape index (κ3) is 4.66. The van der Waals surface area contributed by atoms with E-state index in [1.54, 1.807) is 0 Å². The van der Waals surface area contributed by atoms with Crippen LogP contribution in [0.15, 0.2) is 0 Å². The average Bonchev–Trinajstić information content (AvgIpc) is 2.35. The lowest BCUT2D eigenvalue weighted by atomic mass is 9.82. The normalized spacial score (nSPS) is 25.0. The maximum Gasteiger partial charge on any atom is 0.225 e. The number of hydrogen-bond acceptors (Lipinski definition) is 2. The first-order chi connectivity index (χ1) is 8.04. The Kier molecular flexibility index (Phi) is 5.96. The van der Waals surface area contributed by atoms with Crippen LogP contribution in [0.5, 0.6) is 0 Å². The van der Waals surface area contributed by atoms with Crippen molar-refractivity contribution >= 4 is 5.91 Å². The van der Waals surface area contributed by atoms with Crippen LogP contribution >= 0.6 is 0 Å². The van der Waals surface area contributed by atoms with Gasteiger partial charge in [-0.05, 0) is 43.9 Å². The monoisotopic (exact) mass is 241 g/mol. The summed E-state index contributed by atoms with van der Waals surface area (Å²) in [7, 11) is 1.92. The van der Waals surface area contributed by atoms with E-state index in [1.165, 1.54) is 0 Å². The number of aliphatic hydroxyl groups is 1. The van der Waals surface area contributed by atoms with E-state index in [-0.39, 0.29) is 12.5 Å². The summed E-state index contributed by atoms with van der Waals surface area (Å²) < 4.78 is 0. The van der Waals surface area contributed by atoms with Gasteiger partial charge in [0.05, 0.1) is 0 Å². The number of carbonyl (C=O) groups excluding carboxylic acids is 1. The Bertz CT molecular complexity index is 232. The topological polar surface area (TPSA) is 40.5 Å². The second kappa shape index (κ2) is 7.00. The van der Waals surface area contributed by atoms with Crippen molar-refractivity contribution in [1.82, 2.24) is 4.90 Å². The summed E-state index contributed by atoms with van der Waals surface area (Å²) in [6, 6.07) is 0. The van der Waals surface area contributed by atoms with Crippen LogP contribution in [0.3, 0.4) is 0 Å². The molecule has 0 aromatic heterocycles. The molecule has 1 fully saturated rings. The molecule has 100 valence electrons. The minimum atomic E-state index is 0.204. The van der Waals surface area contributed by atoms with Gasteiger partial charge in [-0.3, -0.25) is 4.79 Å². The van der Waals surface area contributed by atoms with Crippen LogP contribution < -0.4 is 0 Å². The maximum absolute atomic E-state index is 12.2. The number of rotatable bonds is 5. The van der Waals surface area contributed by atoms with Crippen molar-refractivity contribution in [3.8, 4) is 0 Å². The Hall–Kier alpha value is -0.570. The van der Waals surface area contributed by atoms with Crippen molar-refractivity contribution in [2.75, 3.05) is 20.2 Å². The summed E-state index contributed by atoms with van der Waals surface area (Å²) >= 11 is 0. The molecular formula is C14H27NO2. The minimum absolute atomic E-state index is 0.204. The fraction of sp³-hybridized carbons (Fsp3) is 0.929. The Balaban J connectivity index is 2.32. The molecule has 1 rings (SSSR count). The van der Waals surface area contributed by atoms with E-state index in [9.17, 15) is 4.79 Å². The molecule has 1 N–H and O–H groups in total. The lowest BCUT2D eigenvalue weighted by molar-refractivity contribution is -0.135. The molecule has 0 aromatic carbocycles. The third-order valence-corrected chi connectivity index (χ3v) is 3.87. The number of hydrogen-bond donors (Lipinski definition) is 1. The SMILES string of the molecule is CC(C)CCN(C)C(=O)C1CCC(CO)CC1. The van der Waals surface area contributed by atoms with E-state index in [0.717, 1.165) is 38.6 Å². The van der Waals surface area contributed by atoms with Crippen LogP contribution in [0.25, 0.3) is 0 Å². The minimum Gasteiger partial charge on any atom is -0.396 e. The third-order valence-electron chi connectivity index (χ3n) is 3.87. The first-order valence-corrected chi connectivity index (χ1v) is 6.90. The molecule has 0 saturated heterocycles. The lowest BCUT2D eigenvalue weighted by Crippen LogP contribution is -2.36. The Morgan fingerprint density at radius 3 is 2.35 bits per heavy atom. The second-order valence-corrected chi connectivity index (χ2v) is 5.84. The molecule has 0 heterocycles. The number of nitrogens with zero attached hydrogens (tertiary/aromatic N) is 1. The van der Waals surface area contributed by atoms with Crippen LogP contribution in [-0.4, -0.2) is 36.1 Å². The summed E-state index contributed by atoms with van der Waals surface area (Å²) in [5, 5.41) is 9.08. The van der Waals surface area contributed by atoms with Gasteiger partial charge < -0.3 is 10.0 Å². The summed E-state index contributed by atoms with van der Waals surface area (Å²) in [6.45, 7) is 5.52. The first-order valence-electron chi connectivity index (χ1n) is 6.90. The quantitative estimate of drug-likeness (QED) is 0.802. The van der Waals surface area contributed by atoms with Gasteiger partial charge >= 0.3 is 0 Å². The molecule has 1 amide bonds. The van der Waals surface area contributed by atoms with Gasteiger partial charge in [0.25, 0.3) is 0 Å². The van der Waals surface area contributed by atoms with E-state index < -0.39 is 0 Å². The van der Waals surface area contributed by atoms with Crippen LogP contribution in [0.1, 0.15) is 46.0 Å². The van der Waals surface area contributed by atoms with Gasteiger partial charge in [0.15, 0.2) is 0 Å². The zero-order valence-corrected chi connectivity index (χ0v) is 11.5. The molecule has 3 heteroatoms. The van der Waals surface area contributed by atoms with Gasteiger partial charge in [-0.1, -0.05) is 13.8 Å². The van der Waals surface area contributed by atoms with E-state index in [4.69, 9.17) is 5.11 Å². The first kappa shape index (κ1) is 14.5. The van der Waals surface area contributed by atoms with Gasteiger partial charge in [0, 0.05) is 26.1 Å². The van der Waals surface area contributed by atoms with Gasteiger partial charge in [-0.2, -0.15) is 0 Å². The Morgan fingerprint density at radius 2 is 1.88 bits per heavy atom. The Morgan fingerprint density at radius 1 is 1.29 bits per heavy atom. The molecule has 3 nitrogen and oxygen atoms in total. The van der Waals surface area contributed by atoms with Crippen LogP contribution in [-0.2, 0) is 4.79 Å². The molecule has 17 heavy (non-hydrogen) atoms. The molecule has 0 aromatic rings. The second-order valence-electron chi connectivity index (χ2n) is 5.84. The zero-order valence-electron chi connectivity index (χ0n) is 11.5. The van der Waals surface area contributed by atoms with Crippen LogP contribution in [0, 0.1) is 17.8 Å². The van der Waals surface area contributed by atoms with Gasteiger partial charge in [0.2, 0.25) is 5.91 Å². The highest BCUT2D eigenvalue weighted by Gasteiger charge is 2.27. The molecule has 1 aliphatic carbocycles. The smallest absolute Gasteiger partial charge is 0.225 e. The largest absolute Gasteiger partial charge is 0.396 e. The molecule has 0 radical (unpaired) electrons. The molecular weight excluding hydrogens is 214 g/mol. The standard InChI is InChI=1S/C14H27NO2/c1-11(2)8-9-15(3)14(17)13-6-4-12(10-16)5-7-13/h11-13,16H,4-10H2,1-3H3. The van der Waals surface area contributed by atoms with Crippen molar-refractivity contribution < 1.29 is 9.90 Å². The lowest BCUT2D eigenvalue weighted by Gasteiger charge is -2.30. The van der Waals surface area contributed by atoms with Crippen molar-refractivity contribution in [2.24, 2.45) is 17.8 Å². The molecule has 1 saturated carbocycles. The van der Waals surface area contributed by atoms with Crippen molar-refractivity contribution in [3.05, 3.63) is 0 Å². The highest BCUT2D eigenvalue weighted by atomic mass is 16.3. The van der Waals surface area contributed by atoms with Crippen LogP contribution in [0.2, 0.25) is 0 Å². The average molecular weight is 241 g/mol. The molecule has 0 bridgehead atoms. The molecule has 0 unspecified atom stereocenters. The highest BCUT2D eigenvalue weighted by molar-refractivity contribution is 5.78. The summed E-state index contributed by atoms with van der Waals surface area (Å²) in [4.78, 5) is 14.1. The number of carbonyl (C=O) groups is 1. The van der Waals surface area contributed by atoms with Crippen LogP contribution in [0.4, 0.5) is 0 Å². The molecule has 0 atom stereocenters. The van der Waals surface area contributed by atoms with E-state index in [0.29, 0.717) is 17.7 Å². The molecule has 1 aliphatic rings. The maximum atomic E-state index is 12.2. The summed E-state index contributed by atoms with van der Waals surface area (Å²) in [6.07, 6.45) is 5.00. The van der Waals surface area contributed by atoms with E-state index in [1.807, 2.05) is 11.9 Å². The number of amides is 1. The molecule has 0 aliphatic heterocycles. The fourth-order valence-corrected chi connectivity index (χ4v) is 2.47. The van der Waals surface area contributed by atoms with Gasteiger partial charge in [-0.15, -0.1) is 0 Å². The zero-order chi connectivity index (χ0) is 12.8. The van der Waals surface area contributed by atoms with Crippen molar-refractivity contribution in [1.29, 1.82) is 0 Å². The fourth-order valence-electron chi connectivity index (χ4n) is 2.47. The summed E-state index contributed by atoms with van der Waals surface area (Å²) in [5.41, 5.74) is 0. The van der Waals surface area contributed by atoms with E-state index in [2.05, 4.69) is 13.8 Å². The van der Waals surface area contributed by atoms with E-state index >= 15 is 0 Å². The number of aliphatic hydroxyl groups excluding tert-OH is 1. The Labute approximate surface area is 105 Å². The van der Waals surface area contributed by atoms with Gasteiger partial charge in [0.1, 0.15) is 0 Å². The van der Waals surface area contributed by atoms with Crippen molar-refractivity contribution in [2.45, 2.75) is 46.0 Å². The highest BCUT2D eigenvalue weighted by Crippen LogP contribution is 2.29. The summed E-state index contributed by atoms with van der Waals surface area (Å²) in [5.74, 6) is 1.59. The predicted molar refractivity (Wildman–Crippen MR) is 69.6 cm³/mol. The van der Waals surface area contributed by atoms with Crippen molar-refractivity contribution in [3.63, 3.8) is 0 Å². The molecule has 0 spiro atoms. The van der Waals surface area contributed by atoms with Gasteiger partial charge in [-0.25, -0.2) is 0 Å². The predicted octanol–water partition coefficient (Wildman–Crippen LogP) is 2.29.